The number of H-pyrrole nitrogens is 1. The van der Waals surface area contributed by atoms with E-state index in [0.29, 0.717) is 11.7 Å². The molecule has 0 saturated carbocycles. The second-order valence-electron chi connectivity index (χ2n) is 4.63. The molecule has 0 aliphatic carbocycles. The van der Waals surface area contributed by atoms with Crippen molar-refractivity contribution < 1.29 is 4.74 Å². The maximum Gasteiger partial charge on any atom is 0.187 e. The molecule has 2 rings (SSSR count). The molecule has 112 valence electrons. The molecule has 0 unspecified atom stereocenters. The van der Waals surface area contributed by atoms with Crippen molar-refractivity contribution in [3.63, 3.8) is 0 Å². The number of hydrogen-bond acceptors (Lipinski definition) is 3. The number of aromatic nitrogens is 1. The molecule has 1 aromatic heterocycles. The van der Waals surface area contributed by atoms with E-state index in [1.165, 1.54) is 0 Å². The first-order chi connectivity index (χ1) is 10.1. The number of ether oxygens (including phenoxy) is 1. The van der Waals surface area contributed by atoms with Gasteiger partial charge in [-0.25, -0.2) is 0 Å². The third kappa shape index (κ3) is 4.52. The summed E-state index contributed by atoms with van der Waals surface area (Å²) < 4.78 is 6.06. The second kappa shape index (κ2) is 7.53. The molecule has 1 heterocycles. The van der Waals surface area contributed by atoms with Gasteiger partial charge in [-0.15, -0.1) is 0 Å². The highest BCUT2D eigenvalue weighted by atomic mass is 79.9. The largest absolute Gasteiger partial charge is 0.383 e. The normalized spacial score (nSPS) is 12.7. The second-order valence-corrected chi connectivity index (χ2v) is 5.96. The minimum absolute atomic E-state index is 0.134. The Kier molecular flexibility index (Phi) is 5.72. The molecule has 7 heteroatoms. The van der Waals surface area contributed by atoms with Gasteiger partial charge in [-0.1, -0.05) is 15.9 Å². The number of hydrogen-bond donors (Lipinski definition) is 3. The van der Waals surface area contributed by atoms with Crippen LogP contribution in [0.15, 0.2) is 34.0 Å². The van der Waals surface area contributed by atoms with Crippen molar-refractivity contribution in [3.8, 4) is 0 Å². The van der Waals surface area contributed by atoms with Crippen LogP contribution >= 0.6 is 28.1 Å². The van der Waals surface area contributed by atoms with Crippen LogP contribution in [0.3, 0.4) is 0 Å². The molecule has 3 N–H and O–H groups in total. The standard InChI is InChI=1S/C14H17BrN4OS/c1-9(8-20-2)18-14(21)19-17-7-10-6-16-13-4-3-11(15)5-12(10)13/h3-7,9,16H,8H2,1-2H3,(H2,18,19,21)/b17-7+/t9-/m1/s1. The van der Waals surface area contributed by atoms with Gasteiger partial charge in [0, 0.05) is 40.3 Å². The van der Waals surface area contributed by atoms with Gasteiger partial charge in [-0.2, -0.15) is 5.10 Å². The molecule has 0 saturated heterocycles. The number of rotatable bonds is 5. The van der Waals surface area contributed by atoms with Crippen LogP contribution in [0.5, 0.6) is 0 Å². The minimum atomic E-state index is 0.134. The monoisotopic (exact) mass is 368 g/mol. The number of thiocarbonyl (C=S) groups is 1. The van der Waals surface area contributed by atoms with Crippen molar-refractivity contribution in [1.29, 1.82) is 0 Å². The van der Waals surface area contributed by atoms with E-state index < -0.39 is 0 Å². The molecular weight excluding hydrogens is 352 g/mol. The quantitative estimate of drug-likeness (QED) is 0.431. The molecule has 0 fully saturated rings. The van der Waals surface area contributed by atoms with E-state index >= 15 is 0 Å². The molecule has 0 amide bonds. The maximum absolute atomic E-state index is 5.15. The lowest BCUT2D eigenvalue weighted by molar-refractivity contribution is 0.179. The molecule has 0 spiro atoms. The van der Waals surface area contributed by atoms with Gasteiger partial charge < -0.3 is 15.0 Å². The van der Waals surface area contributed by atoms with E-state index in [2.05, 4.69) is 36.8 Å². The van der Waals surface area contributed by atoms with Crippen LogP contribution in [-0.2, 0) is 4.74 Å². The molecule has 2 aromatic rings. The Morgan fingerprint density at radius 2 is 2.38 bits per heavy atom. The third-order valence-corrected chi connectivity index (χ3v) is 3.54. The van der Waals surface area contributed by atoms with Crippen LogP contribution in [0, 0.1) is 0 Å². The van der Waals surface area contributed by atoms with Gasteiger partial charge in [0.2, 0.25) is 0 Å². The smallest absolute Gasteiger partial charge is 0.187 e. The van der Waals surface area contributed by atoms with Crippen LogP contribution in [0.4, 0.5) is 0 Å². The fourth-order valence-corrected chi connectivity index (χ4v) is 2.54. The van der Waals surface area contributed by atoms with Gasteiger partial charge in [0.05, 0.1) is 12.8 Å². The van der Waals surface area contributed by atoms with Gasteiger partial charge in [-0.05, 0) is 37.3 Å². The van der Waals surface area contributed by atoms with Gasteiger partial charge in [0.1, 0.15) is 0 Å². The number of halogens is 1. The first-order valence-corrected chi connectivity index (χ1v) is 7.65. The number of nitrogens with one attached hydrogen (secondary N) is 3. The number of methoxy groups -OCH3 is 1. The van der Waals surface area contributed by atoms with Crippen molar-refractivity contribution in [2.75, 3.05) is 13.7 Å². The summed E-state index contributed by atoms with van der Waals surface area (Å²) in [5.41, 5.74) is 4.85. The summed E-state index contributed by atoms with van der Waals surface area (Å²) in [6.07, 6.45) is 3.65. The summed E-state index contributed by atoms with van der Waals surface area (Å²) in [5, 5.41) is 8.79. The SMILES string of the molecule is COC[C@@H](C)NC(=S)N/N=C/c1c[nH]c2ccc(Br)cc12. The Labute approximate surface area is 137 Å². The zero-order chi connectivity index (χ0) is 15.2. The fourth-order valence-electron chi connectivity index (χ4n) is 1.93. The average Bonchev–Trinajstić information content (AvgIpc) is 2.81. The summed E-state index contributed by atoms with van der Waals surface area (Å²) in [5.74, 6) is 0. The number of aromatic amines is 1. The molecule has 21 heavy (non-hydrogen) atoms. The minimum Gasteiger partial charge on any atom is -0.383 e. The molecule has 0 aliphatic rings. The lowest BCUT2D eigenvalue weighted by atomic mass is 10.2. The van der Waals surface area contributed by atoms with Crippen LogP contribution in [0.1, 0.15) is 12.5 Å². The Morgan fingerprint density at radius 1 is 1.57 bits per heavy atom. The summed E-state index contributed by atoms with van der Waals surface area (Å²) in [7, 11) is 1.65. The highest BCUT2D eigenvalue weighted by Crippen LogP contribution is 2.21. The molecule has 0 radical (unpaired) electrons. The fraction of sp³-hybridized carbons (Fsp3) is 0.286. The van der Waals surface area contributed by atoms with E-state index in [0.717, 1.165) is 20.9 Å². The van der Waals surface area contributed by atoms with Crippen LogP contribution in [0.2, 0.25) is 0 Å². The highest BCUT2D eigenvalue weighted by Gasteiger charge is 2.03. The lowest BCUT2D eigenvalue weighted by Gasteiger charge is -2.13. The molecule has 5 nitrogen and oxygen atoms in total. The van der Waals surface area contributed by atoms with Crippen molar-refractivity contribution in [1.82, 2.24) is 15.7 Å². The Bertz CT molecular complexity index is 655. The predicted octanol–water partition coefficient (Wildman–Crippen LogP) is 2.76. The summed E-state index contributed by atoms with van der Waals surface area (Å²) >= 11 is 8.62. The average molecular weight is 369 g/mol. The maximum atomic E-state index is 5.15. The van der Waals surface area contributed by atoms with Gasteiger partial charge in [0.25, 0.3) is 0 Å². The van der Waals surface area contributed by atoms with E-state index in [4.69, 9.17) is 17.0 Å². The van der Waals surface area contributed by atoms with E-state index in [-0.39, 0.29) is 6.04 Å². The first-order valence-electron chi connectivity index (χ1n) is 6.45. The summed E-state index contributed by atoms with van der Waals surface area (Å²) in [4.78, 5) is 3.20. The van der Waals surface area contributed by atoms with E-state index in [1.807, 2.05) is 31.3 Å². The molecule has 0 bridgehead atoms. The number of fused-ring (bicyclic) bond motifs is 1. The van der Waals surface area contributed by atoms with Crippen LogP contribution in [-0.4, -0.2) is 36.1 Å². The third-order valence-electron chi connectivity index (χ3n) is 2.84. The number of hydrazone groups is 1. The molecule has 1 aromatic carbocycles. The molecular formula is C14H17BrN4OS. The zero-order valence-electron chi connectivity index (χ0n) is 11.8. The highest BCUT2D eigenvalue weighted by molar-refractivity contribution is 9.10. The summed E-state index contributed by atoms with van der Waals surface area (Å²) in [6, 6.07) is 6.19. The van der Waals surface area contributed by atoms with Crippen LogP contribution < -0.4 is 10.7 Å². The topological polar surface area (TPSA) is 61.4 Å². The first kappa shape index (κ1) is 15.9. The van der Waals surface area contributed by atoms with Crippen molar-refractivity contribution >= 4 is 50.4 Å². The molecule has 0 aliphatic heterocycles. The number of nitrogens with zero attached hydrogens (tertiary/aromatic N) is 1. The summed E-state index contributed by atoms with van der Waals surface area (Å²) in [6.45, 7) is 2.57. The van der Waals surface area contributed by atoms with Crippen molar-refractivity contribution in [2.24, 2.45) is 5.10 Å². The molecule has 1 atom stereocenters. The van der Waals surface area contributed by atoms with Gasteiger partial charge >= 0.3 is 0 Å². The predicted molar refractivity (Wildman–Crippen MR) is 93.8 cm³/mol. The Morgan fingerprint density at radius 3 is 3.14 bits per heavy atom. The van der Waals surface area contributed by atoms with E-state index in [9.17, 15) is 0 Å². The van der Waals surface area contributed by atoms with E-state index in [1.54, 1.807) is 13.3 Å². The van der Waals surface area contributed by atoms with Gasteiger partial charge in [-0.3, -0.25) is 5.43 Å². The lowest BCUT2D eigenvalue weighted by Crippen LogP contribution is -2.40. The zero-order valence-corrected chi connectivity index (χ0v) is 14.2. The van der Waals surface area contributed by atoms with Crippen molar-refractivity contribution in [3.05, 3.63) is 34.4 Å². The van der Waals surface area contributed by atoms with Crippen molar-refractivity contribution in [2.45, 2.75) is 13.0 Å². The Hall–Kier alpha value is -1.44. The Balaban J connectivity index is 1.97. The van der Waals surface area contributed by atoms with Crippen LogP contribution in [0.25, 0.3) is 10.9 Å². The number of benzene rings is 1. The van der Waals surface area contributed by atoms with Gasteiger partial charge in [0.15, 0.2) is 5.11 Å².